The maximum atomic E-state index is 13.1. The van der Waals surface area contributed by atoms with Crippen LogP contribution in [0.2, 0.25) is 0 Å². The van der Waals surface area contributed by atoms with Crippen molar-refractivity contribution in [3.8, 4) is 11.1 Å². The van der Waals surface area contributed by atoms with Crippen LogP contribution in [-0.2, 0) is 4.79 Å². The molecule has 2 aliphatic rings. The fourth-order valence-corrected chi connectivity index (χ4v) is 4.62. The SMILES string of the molecule is CC(NC(=O)[C@@]12CCCC[C@H]1CNC2)c1ccc(-c2ccncc2)cc1. The fourth-order valence-electron chi connectivity index (χ4n) is 4.62. The number of nitrogens with zero attached hydrogens (tertiary/aromatic N) is 1. The molecular formula is C22H27N3O. The van der Waals surface area contributed by atoms with E-state index in [9.17, 15) is 4.79 Å². The van der Waals surface area contributed by atoms with Gasteiger partial charge >= 0.3 is 0 Å². The van der Waals surface area contributed by atoms with Crippen molar-refractivity contribution < 1.29 is 4.79 Å². The highest BCUT2D eigenvalue weighted by atomic mass is 16.2. The number of hydrogen-bond donors (Lipinski definition) is 2. The summed E-state index contributed by atoms with van der Waals surface area (Å²) in [6.07, 6.45) is 8.23. The summed E-state index contributed by atoms with van der Waals surface area (Å²) in [7, 11) is 0. The van der Waals surface area contributed by atoms with Crippen LogP contribution in [0.5, 0.6) is 0 Å². The first-order valence-corrected chi connectivity index (χ1v) is 9.71. The van der Waals surface area contributed by atoms with Crippen LogP contribution in [0.1, 0.15) is 44.2 Å². The molecule has 1 amide bonds. The molecule has 2 aromatic rings. The summed E-state index contributed by atoms with van der Waals surface area (Å²) in [5.74, 6) is 0.732. The molecule has 2 heterocycles. The van der Waals surface area contributed by atoms with Gasteiger partial charge in [0.2, 0.25) is 5.91 Å². The summed E-state index contributed by atoms with van der Waals surface area (Å²) in [5.41, 5.74) is 3.28. The zero-order valence-electron chi connectivity index (χ0n) is 15.4. The van der Waals surface area contributed by atoms with Gasteiger partial charge in [-0.25, -0.2) is 0 Å². The highest BCUT2D eigenvalue weighted by molar-refractivity contribution is 5.84. The second-order valence-corrected chi connectivity index (χ2v) is 7.78. The molecule has 4 heteroatoms. The molecular weight excluding hydrogens is 322 g/mol. The van der Waals surface area contributed by atoms with Gasteiger partial charge in [0.25, 0.3) is 0 Å². The average molecular weight is 349 g/mol. The van der Waals surface area contributed by atoms with Gasteiger partial charge in [0, 0.05) is 18.9 Å². The van der Waals surface area contributed by atoms with Crippen molar-refractivity contribution in [1.29, 1.82) is 0 Å². The molecule has 1 aliphatic carbocycles. The Kier molecular flexibility index (Phi) is 4.77. The first kappa shape index (κ1) is 17.2. The molecule has 1 saturated heterocycles. The van der Waals surface area contributed by atoms with Crippen LogP contribution < -0.4 is 10.6 Å². The van der Waals surface area contributed by atoms with Crippen molar-refractivity contribution in [3.05, 3.63) is 54.4 Å². The van der Waals surface area contributed by atoms with Crippen LogP contribution in [0.4, 0.5) is 0 Å². The van der Waals surface area contributed by atoms with Gasteiger partial charge in [0.05, 0.1) is 11.5 Å². The topological polar surface area (TPSA) is 54.0 Å². The number of hydrogen-bond acceptors (Lipinski definition) is 3. The van der Waals surface area contributed by atoms with Crippen LogP contribution in [0.25, 0.3) is 11.1 Å². The van der Waals surface area contributed by atoms with Gasteiger partial charge in [-0.05, 0) is 61.1 Å². The summed E-state index contributed by atoms with van der Waals surface area (Å²) in [5, 5.41) is 6.76. The number of amides is 1. The zero-order chi connectivity index (χ0) is 18.0. The molecule has 26 heavy (non-hydrogen) atoms. The second kappa shape index (κ2) is 7.20. The molecule has 1 aliphatic heterocycles. The maximum absolute atomic E-state index is 13.1. The fraction of sp³-hybridized carbons (Fsp3) is 0.455. The summed E-state index contributed by atoms with van der Waals surface area (Å²) >= 11 is 0. The molecule has 1 aromatic heterocycles. The van der Waals surface area contributed by atoms with Crippen LogP contribution in [0.15, 0.2) is 48.8 Å². The Bertz CT molecular complexity index is 759. The number of pyridine rings is 1. The molecule has 2 N–H and O–H groups in total. The van der Waals surface area contributed by atoms with Crippen molar-refractivity contribution in [2.45, 2.75) is 38.6 Å². The van der Waals surface area contributed by atoms with E-state index in [4.69, 9.17) is 0 Å². The molecule has 0 spiro atoms. The van der Waals surface area contributed by atoms with Crippen LogP contribution >= 0.6 is 0 Å². The van der Waals surface area contributed by atoms with Crippen molar-refractivity contribution in [1.82, 2.24) is 15.6 Å². The minimum atomic E-state index is -0.191. The van der Waals surface area contributed by atoms with Crippen molar-refractivity contribution in [2.75, 3.05) is 13.1 Å². The van der Waals surface area contributed by atoms with E-state index in [-0.39, 0.29) is 17.4 Å². The number of fused-ring (bicyclic) bond motifs is 1. The standard InChI is InChI=1S/C22H27N3O/c1-16(17-5-7-18(8-6-17)19-9-12-23-13-10-19)25-21(26)22-11-3-2-4-20(22)14-24-15-22/h5-10,12-13,16,20,24H,2-4,11,14-15H2,1H3,(H,25,26)/t16?,20-,22+/m0/s1. The molecule has 0 bridgehead atoms. The smallest absolute Gasteiger partial charge is 0.228 e. The Morgan fingerprint density at radius 2 is 1.88 bits per heavy atom. The van der Waals surface area contributed by atoms with Crippen LogP contribution in [0.3, 0.4) is 0 Å². The largest absolute Gasteiger partial charge is 0.349 e. The third kappa shape index (κ3) is 3.14. The van der Waals surface area contributed by atoms with Crippen molar-refractivity contribution in [2.24, 2.45) is 11.3 Å². The van der Waals surface area contributed by atoms with Gasteiger partial charge in [0.1, 0.15) is 0 Å². The molecule has 136 valence electrons. The Morgan fingerprint density at radius 1 is 1.15 bits per heavy atom. The van der Waals surface area contributed by atoms with E-state index in [1.807, 2.05) is 24.5 Å². The second-order valence-electron chi connectivity index (χ2n) is 7.78. The van der Waals surface area contributed by atoms with E-state index in [1.54, 1.807) is 0 Å². The Morgan fingerprint density at radius 3 is 2.65 bits per heavy atom. The summed E-state index contributed by atoms with van der Waals surface area (Å²) in [6.45, 7) is 3.90. The third-order valence-electron chi connectivity index (χ3n) is 6.26. The minimum Gasteiger partial charge on any atom is -0.349 e. The van der Waals surface area contributed by atoms with Gasteiger partial charge < -0.3 is 10.6 Å². The van der Waals surface area contributed by atoms with Gasteiger partial charge in [-0.2, -0.15) is 0 Å². The van der Waals surface area contributed by atoms with Gasteiger partial charge in [-0.1, -0.05) is 37.1 Å². The Hall–Kier alpha value is -2.20. The monoisotopic (exact) mass is 349 g/mol. The first-order chi connectivity index (χ1) is 12.7. The Labute approximate surface area is 155 Å². The van der Waals surface area contributed by atoms with E-state index in [2.05, 4.69) is 46.8 Å². The minimum absolute atomic E-state index is 0.0199. The molecule has 3 atom stereocenters. The van der Waals surface area contributed by atoms with E-state index in [0.29, 0.717) is 5.92 Å². The quantitative estimate of drug-likeness (QED) is 0.885. The third-order valence-corrected chi connectivity index (χ3v) is 6.26. The summed E-state index contributed by atoms with van der Waals surface area (Å²) < 4.78 is 0. The molecule has 2 fully saturated rings. The summed E-state index contributed by atoms with van der Waals surface area (Å²) in [4.78, 5) is 17.2. The van der Waals surface area contributed by atoms with Crippen LogP contribution in [-0.4, -0.2) is 24.0 Å². The van der Waals surface area contributed by atoms with E-state index < -0.39 is 0 Å². The van der Waals surface area contributed by atoms with E-state index >= 15 is 0 Å². The number of benzene rings is 1. The van der Waals surface area contributed by atoms with Crippen molar-refractivity contribution in [3.63, 3.8) is 0 Å². The molecule has 1 aromatic carbocycles. The number of nitrogens with one attached hydrogen (secondary N) is 2. The van der Waals surface area contributed by atoms with Gasteiger partial charge in [-0.15, -0.1) is 0 Å². The number of rotatable bonds is 4. The number of aromatic nitrogens is 1. The maximum Gasteiger partial charge on any atom is 0.228 e. The van der Waals surface area contributed by atoms with E-state index in [1.165, 1.54) is 24.8 Å². The number of carbonyl (C=O) groups excluding carboxylic acids is 1. The van der Waals surface area contributed by atoms with E-state index in [0.717, 1.165) is 30.6 Å². The summed E-state index contributed by atoms with van der Waals surface area (Å²) in [6, 6.07) is 12.5. The highest BCUT2D eigenvalue weighted by Gasteiger charge is 2.49. The zero-order valence-corrected chi connectivity index (χ0v) is 15.4. The molecule has 1 saturated carbocycles. The van der Waals surface area contributed by atoms with Crippen molar-refractivity contribution >= 4 is 5.91 Å². The lowest BCUT2D eigenvalue weighted by molar-refractivity contribution is -0.134. The van der Waals surface area contributed by atoms with Crippen LogP contribution in [0, 0.1) is 11.3 Å². The molecule has 0 radical (unpaired) electrons. The Balaban J connectivity index is 1.46. The lowest BCUT2D eigenvalue weighted by atomic mass is 9.67. The lowest BCUT2D eigenvalue weighted by Gasteiger charge is -2.38. The number of carbonyl (C=O) groups is 1. The lowest BCUT2D eigenvalue weighted by Crippen LogP contribution is -2.48. The first-order valence-electron chi connectivity index (χ1n) is 9.71. The normalized spacial score (nSPS) is 26.1. The molecule has 1 unspecified atom stereocenters. The predicted octanol–water partition coefficient (Wildman–Crippen LogP) is 3.71. The molecule has 4 nitrogen and oxygen atoms in total. The highest BCUT2D eigenvalue weighted by Crippen LogP contribution is 2.44. The molecule has 4 rings (SSSR count). The predicted molar refractivity (Wildman–Crippen MR) is 103 cm³/mol. The average Bonchev–Trinajstić information content (AvgIpc) is 3.14. The van der Waals surface area contributed by atoms with Gasteiger partial charge in [0.15, 0.2) is 0 Å². The van der Waals surface area contributed by atoms with Gasteiger partial charge in [-0.3, -0.25) is 9.78 Å².